The fourth-order valence-electron chi connectivity index (χ4n) is 2.47. The van der Waals surface area contributed by atoms with E-state index in [1.54, 1.807) is 6.20 Å². The molecule has 1 unspecified atom stereocenters. The third-order valence-electron chi connectivity index (χ3n) is 3.49. The van der Waals surface area contributed by atoms with E-state index in [0.29, 0.717) is 17.4 Å². The molecule has 0 bridgehead atoms. The zero-order valence-electron chi connectivity index (χ0n) is 11.4. The van der Waals surface area contributed by atoms with Crippen molar-refractivity contribution in [3.63, 3.8) is 0 Å². The smallest absolute Gasteiger partial charge is 0.257 e. The minimum Gasteiger partial charge on any atom is -0.370 e. The van der Waals surface area contributed by atoms with Crippen molar-refractivity contribution in [2.24, 2.45) is 0 Å². The zero-order valence-corrected chi connectivity index (χ0v) is 13.0. The number of aromatic nitrogens is 1. The van der Waals surface area contributed by atoms with E-state index in [0.717, 1.165) is 30.4 Å². The van der Waals surface area contributed by atoms with Crippen molar-refractivity contribution in [3.8, 4) is 0 Å². The standard InChI is InChI=1S/C14H20BrN3O/c1-3-16-13-12(8-11(15)9-17-13)14(19)18-7-5-4-6-10(18)2/h8-10H,3-7H2,1-2H3,(H,16,17). The Morgan fingerprint density at radius 1 is 1.58 bits per heavy atom. The van der Waals surface area contributed by atoms with E-state index in [2.05, 4.69) is 33.2 Å². The predicted molar refractivity (Wildman–Crippen MR) is 80.5 cm³/mol. The summed E-state index contributed by atoms with van der Waals surface area (Å²) in [5, 5.41) is 3.16. The number of anilines is 1. The molecule has 1 N–H and O–H groups in total. The van der Waals surface area contributed by atoms with Gasteiger partial charge in [0.05, 0.1) is 5.56 Å². The quantitative estimate of drug-likeness (QED) is 0.927. The second kappa shape index (κ2) is 6.37. The van der Waals surface area contributed by atoms with E-state index < -0.39 is 0 Å². The highest BCUT2D eigenvalue weighted by atomic mass is 79.9. The first-order valence-corrected chi connectivity index (χ1v) is 7.63. The molecular formula is C14H20BrN3O. The lowest BCUT2D eigenvalue weighted by Crippen LogP contribution is -2.42. The molecule has 0 radical (unpaired) electrons. The highest BCUT2D eigenvalue weighted by Gasteiger charge is 2.26. The van der Waals surface area contributed by atoms with E-state index >= 15 is 0 Å². The topological polar surface area (TPSA) is 45.2 Å². The van der Waals surface area contributed by atoms with Crippen molar-refractivity contribution in [2.45, 2.75) is 39.2 Å². The van der Waals surface area contributed by atoms with E-state index in [1.807, 2.05) is 17.9 Å². The van der Waals surface area contributed by atoms with Gasteiger partial charge in [0, 0.05) is 29.8 Å². The number of pyridine rings is 1. The van der Waals surface area contributed by atoms with E-state index in [4.69, 9.17) is 0 Å². The molecule has 4 nitrogen and oxygen atoms in total. The maximum absolute atomic E-state index is 12.7. The van der Waals surface area contributed by atoms with Gasteiger partial charge in [-0.3, -0.25) is 4.79 Å². The Morgan fingerprint density at radius 3 is 3.05 bits per heavy atom. The first-order chi connectivity index (χ1) is 9.13. The minimum atomic E-state index is 0.0805. The lowest BCUT2D eigenvalue weighted by molar-refractivity contribution is 0.0636. The van der Waals surface area contributed by atoms with Gasteiger partial charge in [0.1, 0.15) is 5.82 Å². The van der Waals surface area contributed by atoms with Crippen LogP contribution in [-0.4, -0.2) is 34.9 Å². The Hall–Kier alpha value is -1.10. The van der Waals surface area contributed by atoms with Crippen LogP contribution in [0, 0.1) is 0 Å². The fraction of sp³-hybridized carbons (Fsp3) is 0.571. The third-order valence-corrected chi connectivity index (χ3v) is 3.93. The number of amides is 1. The molecular weight excluding hydrogens is 306 g/mol. The first-order valence-electron chi connectivity index (χ1n) is 6.84. The molecule has 1 fully saturated rings. The van der Waals surface area contributed by atoms with Crippen molar-refractivity contribution in [1.82, 2.24) is 9.88 Å². The van der Waals surface area contributed by atoms with Gasteiger partial charge in [-0.25, -0.2) is 4.98 Å². The van der Waals surface area contributed by atoms with Crippen LogP contribution in [-0.2, 0) is 0 Å². The van der Waals surface area contributed by atoms with Crippen molar-refractivity contribution >= 4 is 27.7 Å². The first kappa shape index (κ1) is 14.3. The van der Waals surface area contributed by atoms with Crippen LogP contribution in [0.15, 0.2) is 16.7 Å². The van der Waals surface area contributed by atoms with Crippen LogP contribution >= 0.6 is 15.9 Å². The number of carbonyl (C=O) groups excluding carboxylic acids is 1. The van der Waals surface area contributed by atoms with Crippen LogP contribution in [0.2, 0.25) is 0 Å². The molecule has 1 aromatic heterocycles. The van der Waals surface area contributed by atoms with Crippen LogP contribution in [0.5, 0.6) is 0 Å². The number of halogens is 1. The average molecular weight is 326 g/mol. The average Bonchev–Trinajstić information content (AvgIpc) is 2.41. The normalized spacial score (nSPS) is 19.3. The fourth-order valence-corrected chi connectivity index (χ4v) is 2.80. The number of rotatable bonds is 3. The maximum atomic E-state index is 12.7. The number of nitrogens with zero attached hydrogens (tertiary/aromatic N) is 2. The van der Waals surface area contributed by atoms with Gasteiger partial charge in [0.2, 0.25) is 0 Å². The van der Waals surface area contributed by atoms with Crippen molar-refractivity contribution < 1.29 is 4.79 Å². The molecule has 1 atom stereocenters. The van der Waals surface area contributed by atoms with Crippen molar-refractivity contribution in [2.75, 3.05) is 18.4 Å². The van der Waals surface area contributed by atoms with Gasteiger partial charge in [0.25, 0.3) is 5.91 Å². The molecule has 1 aliphatic heterocycles. The minimum absolute atomic E-state index is 0.0805. The Balaban J connectivity index is 2.28. The van der Waals surface area contributed by atoms with Crippen LogP contribution in [0.3, 0.4) is 0 Å². The molecule has 2 rings (SSSR count). The Morgan fingerprint density at radius 2 is 2.37 bits per heavy atom. The SMILES string of the molecule is CCNc1ncc(Br)cc1C(=O)N1CCCCC1C. The summed E-state index contributed by atoms with van der Waals surface area (Å²) >= 11 is 3.39. The molecule has 0 saturated carbocycles. The highest BCUT2D eigenvalue weighted by molar-refractivity contribution is 9.10. The van der Waals surface area contributed by atoms with Crippen LogP contribution in [0.25, 0.3) is 0 Å². The molecule has 0 aliphatic carbocycles. The molecule has 1 saturated heterocycles. The number of nitrogens with one attached hydrogen (secondary N) is 1. The number of carbonyl (C=O) groups is 1. The van der Waals surface area contributed by atoms with E-state index in [1.165, 1.54) is 6.42 Å². The summed E-state index contributed by atoms with van der Waals surface area (Å²) in [6, 6.07) is 2.17. The van der Waals surface area contributed by atoms with Gasteiger partial charge in [-0.05, 0) is 55.1 Å². The molecule has 5 heteroatoms. The number of hydrogen-bond acceptors (Lipinski definition) is 3. The summed E-state index contributed by atoms with van der Waals surface area (Å²) in [4.78, 5) is 19.0. The summed E-state index contributed by atoms with van der Waals surface area (Å²) in [5.74, 6) is 0.755. The molecule has 104 valence electrons. The molecule has 1 aliphatic rings. The number of likely N-dealkylation sites (tertiary alicyclic amines) is 1. The monoisotopic (exact) mass is 325 g/mol. The lowest BCUT2D eigenvalue weighted by atomic mass is 10.0. The Bertz CT molecular complexity index is 464. The van der Waals surface area contributed by atoms with E-state index in [-0.39, 0.29) is 5.91 Å². The second-order valence-corrected chi connectivity index (χ2v) is 5.84. The summed E-state index contributed by atoms with van der Waals surface area (Å²) in [7, 11) is 0. The predicted octanol–water partition coefficient (Wildman–Crippen LogP) is 3.29. The van der Waals surface area contributed by atoms with Crippen LogP contribution in [0.4, 0.5) is 5.82 Å². The van der Waals surface area contributed by atoms with Crippen LogP contribution in [0.1, 0.15) is 43.5 Å². The zero-order chi connectivity index (χ0) is 13.8. The highest BCUT2D eigenvalue weighted by Crippen LogP contribution is 2.24. The summed E-state index contributed by atoms with van der Waals surface area (Å²) in [5.41, 5.74) is 0.657. The van der Waals surface area contributed by atoms with Gasteiger partial charge in [-0.15, -0.1) is 0 Å². The maximum Gasteiger partial charge on any atom is 0.257 e. The molecule has 1 amide bonds. The van der Waals surface area contributed by atoms with Gasteiger partial charge in [0.15, 0.2) is 0 Å². The number of hydrogen-bond donors (Lipinski definition) is 1. The molecule has 0 aromatic carbocycles. The van der Waals surface area contributed by atoms with Crippen molar-refractivity contribution in [3.05, 3.63) is 22.3 Å². The Labute approximate surface area is 122 Å². The molecule has 0 spiro atoms. The number of piperidine rings is 1. The van der Waals surface area contributed by atoms with Gasteiger partial charge >= 0.3 is 0 Å². The summed E-state index contributed by atoms with van der Waals surface area (Å²) < 4.78 is 0.835. The second-order valence-electron chi connectivity index (χ2n) is 4.92. The Kier molecular flexibility index (Phi) is 4.80. The van der Waals surface area contributed by atoms with E-state index in [9.17, 15) is 4.79 Å². The third kappa shape index (κ3) is 3.26. The lowest BCUT2D eigenvalue weighted by Gasteiger charge is -2.33. The van der Waals surface area contributed by atoms with Gasteiger partial charge in [-0.1, -0.05) is 0 Å². The van der Waals surface area contributed by atoms with Crippen LogP contribution < -0.4 is 5.32 Å². The van der Waals surface area contributed by atoms with Gasteiger partial charge < -0.3 is 10.2 Å². The largest absolute Gasteiger partial charge is 0.370 e. The summed E-state index contributed by atoms with van der Waals surface area (Å²) in [6.45, 7) is 5.72. The molecule has 1 aromatic rings. The summed E-state index contributed by atoms with van der Waals surface area (Å²) in [6.07, 6.45) is 5.11. The molecule has 2 heterocycles. The molecule has 19 heavy (non-hydrogen) atoms. The van der Waals surface area contributed by atoms with Crippen molar-refractivity contribution in [1.29, 1.82) is 0 Å². The van der Waals surface area contributed by atoms with Gasteiger partial charge in [-0.2, -0.15) is 0 Å².